The number of nitrogens with two attached hydrogens (primary N) is 1. The van der Waals surface area contributed by atoms with Gasteiger partial charge in [-0.3, -0.25) is 0 Å². The second kappa shape index (κ2) is 40.7. The zero-order valence-corrected chi connectivity index (χ0v) is 26.8. The van der Waals surface area contributed by atoms with Crippen LogP contribution in [0.25, 0.3) is 0 Å². The number of hydrogen-bond acceptors (Lipinski definition) is 1. The molecule has 1 atom stereocenters. The first kappa shape index (κ1) is 44.5. The van der Waals surface area contributed by atoms with Crippen molar-refractivity contribution in [1.29, 1.82) is 0 Å². The van der Waals surface area contributed by atoms with E-state index in [9.17, 15) is 0 Å². The summed E-state index contributed by atoms with van der Waals surface area (Å²) in [6.07, 6.45) is 34.7. The van der Waals surface area contributed by atoms with Gasteiger partial charge in [0.05, 0.1) is 0 Å². The molecule has 0 heterocycles. The molecule has 0 aromatic carbocycles. The van der Waals surface area contributed by atoms with E-state index in [0.717, 1.165) is 5.92 Å². The lowest BCUT2D eigenvalue weighted by Gasteiger charge is -2.15. The quantitative estimate of drug-likeness (QED) is 0.115. The summed E-state index contributed by atoms with van der Waals surface area (Å²) in [5, 5.41) is 0. The van der Waals surface area contributed by atoms with Crippen LogP contribution in [0.3, 0.4) is 0 Å². The minimum Gasteiger partial charge on any atom is -0.384 e. The van der Waals surface area contributed by atoms with Crippen molar-refractivity contribution in [3.05, 3.63) is 24.9 Å². The van der Waals surface area contributed by atoms with E-state index in [-0.39, 0.29) is 0 Å². The van der Waals surface area contributed by atoms with Gasteiger partial charge in [-0.1, -0.05) is 152 Å². The van der Waals surface area contributed by atoms with Gasteiger partial charge in [-0.2, -0.15) is 0 Å². The van der Waals surface area contributed by atoms with Gasteiger partial charge in [0.25, 0.3) is 0 Å². The molecule has 2 heteroatoms. The number of amidine groups is 1. The first-order valence-corrected chi connectivity index (χ1v) is 15.3. The van der Waals surface area contributed by atoms with E-state index in [0.29, 0.717) is 11.3 Å². The molecular formula is C34H70N2. The Balaban J connectivity index is -0.000000123. The molecule has 1 aliphatic rings. The third kappa shape index (κ3) is 42.7. The Morgan fingerprint density at radius 2 is 1.25 bits per heavy atom. The van der Waals surface area contributed by atoms with Gasteiger partial charge in [0, 0.05) is 6.20 Å². The minimum absolute atomic E-state index is 0.488. The normalized spacial score (nSPS) is 15.2. The summed E-state index contributed by atoms with van der Waals surface area (Å²) in [6, 6.07) is 0. The molecule has 0 radical (unpaired) electrons. The van der Waals surface area contributed by atoms with E-state index >= 15 is 0 Å². The van der Waals surface area contributed by atoms with Gasteiger partial charge >= 0.3 is 0 Å². The number of terminal acetylenes is 1. The van der Waals surface area contributed by atoms with E-state index in [1.54, 1.807) is 6.08 Å². The molecule has 0 amide bonds. The summed E-state index contributed by atoms with van der Waals surface area (Å²) in [4.78, 5) is 3.69. The molecule has 0 aromatic heterocycles. The monoisotopic (exact) mass is 507 g/mol. The van der Waals surface area contributed by atoms with Crippen LogP contribution >= 0.6 is 0 Å². The van der Waals surface area contributed by atoms with Crippen LogP contribution in [-0.4, -0.2) is 5.84 Å². The number of hydrogen-bond donors (Lipinski definition) is 1. The summed E-state index contributed by atoms with van der Waals surface area (Å²) in [7, 11) is 0. The average molecular weight is 507 g/mol. The van der Waals surface area contributed by atoms with Gasteiger partial charge in [-0.25, -0.2) is 4.99 Å². The fourth-order valence-corrected chi connectivity index (χ4v) is 3.99. The lowest BCUT2D eigenvalue weighted by Crippen LogP contribution is -2.05. The van der Waals surface area contributed by atoms with Crippen LogP contribution in [0.15, 0.2) is 29.9 Å². The van der Waals surface area contributed by atoms with Crippen LogP contribution in [0, 0.1) is 24.2 Å². The highest BCUT2D eigenvalue weighted by Gasteiger charge is 2.29. The summed E-state index contributed by atoms with van der Waals surface area (Å²) in [5.74, 6) is 1.53. The SMILES string of the molecule is C#C.C=CN=C(N)/C=C\C.CC.CC.CCC1CCC(C)(C)C1.CCCCCCCCCCCCC. The molecule has 1 aliphatic carbocycles. The molecular weight excluding hydrogens is 436 g/mol. The predicted molar refractivity (Wildman–Crippen MR) is 173 cm³/mol. The highest BCUT2D eigenvalue weighted by molar-refractivity contribution is 5.91. The molecule has 0 saturated heterocycles. The molecule has 0 spiro atoms. The van der Waals surface area contributed by atoms with Gasteiger partial charge in [-0.05, 0) is 43.6 Å². The van der Waals surface area contributed by atoms with E-state index in [1.165, 1.54) is 103 Å². The van der Waals surface area contributed by atoms with E-state index in [4.69, 9.17) is 5.73 Å². The average Bonchev–Trinajstić information content (AvgIpc) is 3.26. The summed E-state index contributed by atoms with van der Waals surface area (Å²) in [5.41, 5.74) is 5.95. The third-order valence-electron chi connectivity index (χ3n) is 5.93. The van der Waals surface area contributed by atoms with Gasteiger partial charge in [0.2, 0.25) is 0 Å². The van der Waals surface area contributed by atoms with Crippen molar-refractivity contribution in [2.75, 3.05) is 0 Å². The Kier molecular flexibility index (Phi) is 50.3. The van der Waals surface area contributed by atoms with Crippen LogP contribution < -0.4 is 5.73 Å². The molecule has 0 aromatic rings. The number of rotatable bonds is 13. The second-order valence-electron chi connectivity index (χ2n) is 9.60. The van der Waals surface area contributed by atoms with E-state index in [2.05, 4.69) is 59.0 Å². The van der Waals surface area contributed by atoms with Crippen molar-refractivity contribution >= 4 is 5.84 Å². The Hall–Kier alpha value is -1.49. The predicted octanol–water partition coefficient (Wildman–Crippen LogP) is 11.9. The highest BCUT2D eigenvalue weighted by atomic mass is 14.8. The van der Waals surface area contributed by atoms with Gasteiger partial charge in [0.1, 0.15) is 5.84 Å². The molecule has 36 heavy (non-hydrogen) atoms. The Morgan fingerprint density at radius 3 is 1.47 bits per heavy atom. The summed E-state index contributed by atoms with van der Waals surface area (Å²) in [6.45, 7) is 24.9. The van der Waals surface area contributed by atoms with Crippen molar-refractivity contribution in [1.82, 2.24) is 0 Å². The fraction of sp³-hybridized carbons (Fsp3) is 0.794. The maximum atomic E-state index is 5.29. The Labute approximate surface area is 231 Å². The standard InChI is InChI=1S/C13H28.C9H18.C6H10N2.2C2H6.C2H2/c1-3-5-7-9-11-13-12-10-8-6-4-2;1-4-8-5-6-9(2,3)7-8;1-3-5-6(7)8-4-2;3*1-2/h3-13H2,1-2H3;8H,4-7H2,1-3H3;3-5H,2H2,1H3,(H2,7,8);2*1-2H3;1-2H/b;;5-3-;;;. The maximum Gasteiger partial charge on any atom is 0.122 e. The van der Waals surface area contributed by atoms with Crippen molar-refractivity contribution in [3.63, 3.8) is 0 Å². The Morgan fingerprint density at radius 1 is 0.861 bits per heavy atom. The smallest absolute Gasteiger partial charge is 0.122 e. The fourth-order valence-electron chi connectivity index (χ4n) is 3.99. The first-order valence-electron chi connectivity index (χ1n) is 15.3. The van der Waals surface area contributed by atoms with Gasteiger partial charge < -0.3 is 5.73 Å². The summed E-state index contributed by atoms with van der Waals surface area (Å²) < 4.78 is 0. The number of nitrogens with zero attached hydrogens (tertiary/aromatic N) is 1. The molecule has 1 saturated carbocycles. The maximum absolute atomic E-state index is 5.29. The van der Waals surface area contributed by atoms with Crippen LogP contribution in [0.4, 0.5) is 0 Å². The molecule has 216 valence electrons. The van der Waals surface area contributed by atoms with Crippen molar-refractivity contribution in [2.24, 2.45) is 22.1 Å². The topological polar surface area (TPSA) is 38.4 Å². The first-order chi connectivity index (χ1) is 17.4. The second-order valence-corrected chi connectivity index (χ2v) is 9.60. The number of unbranched alkanes of at least 4 members (excludes halogenated alkanes) is 10. The zero-order chi connectivity index (χ0) is 29.1. The van der Waals surface area contributed by atoms with Gasteiger partial charge in [-0.15, -0.1) is 12.8 Å². The van der Waals surface area contributed by atoms with E-state index < -0.39 is 0 Å². The molecule has 1 unspecified atom stereocenters. The number of allylic oxidation sites excluding steroid dienone is 1. The van der Waals surface area contributed by atoms with Crippen LogP contribution in [0.5, 0.6) is 0 Å². The highest BCUT2D eigenvalue weighted by Crippen LogP contribution is 2.41. The molecule has 1 rings (SSSR count). The molecule has 2 nitrogen and oxygen atoms in total. The molecule has 1 fully saturated rings. The molecule has 2 N–H and O–H groups in total. The largest absolute Gasteiger partial charge is 0.384 e. The minimum atomic E-state index is 0.488. The lowest BCUT2D eigenvalue weighted by molar-refractivity contribution is 0.358. The van der Waals surface area contributed by atoms with Gasteiger partial charge in [0.15, 0.2) is 0 Å². The molecule has 0 bridgehead atoms. The lowest BCUT2D eigenvalue weighted by atomic mass is 9.90. The van der Waals surface area contributed by atoms with E-state index in [1.807, 2.05) is 40.7 Å². The van der Waals surface area contributed by atoms with Crippen LogP contribution in [0.2, 0.25) is 0 Å². The van der Waals surface area contributed by atoms with Crippen molar-refractivity contribution in [3.8, 4) is 12.8 Å². The summed E-state index contributed by atoms with van der Waals surface area (Å²) >= 11 is 0. The van der Waals surface area contributed by atoms with Crippen molar-refractivity contribution in [2.45, 2.75) is 166 Å². The van der Waals surface area contributed by atoms with Crippen molar-refractivity contribution < 1.29 is 0 Å². The zero-order valence-electron chi connectivity index (χ0n) is 26.8. The third-order valence-corrected chi connectivity index (χ3v) is 5.93. The molecule has 0 aliphatic heterocycles. The van der Waals surface area contributed by atoms with Crippen LogP contribution in [-0.2, 0) is 0 Å². The number of aliphatic imine (C=N–C) groups is 1. The van der Waals surface area contributed by atoms with Crippen LogP contribution in [0.1, 0.15) is 166 Å². The Bertz CT molecular complexity index is 447.